The van der Waals surface area contributed by atoms with Gasteiger partial charge in [0.25, 0.3) is 0 Å². The van der Waals surface area contributed by atoms with Gasteiger partial charge in [-0.1, -0.05) is 29.7 Å². The lowest BCUT2D eigenvalue weighted by Crippen LogP contribution is -2.04. The van der Waals surface area contributed by atoms with Crippen LogP contribution in [0.5, 0.6) is 0 Å². The third-order valence-corrected chi connectivity index (χ3v) is 2.77. The monoisotopic (exact) mass is 130 g/mol. The first-order chi connectivity index (χ1) is 4.33. The molecule has 0 saturated heterocycles. The number of hydrogen-bond acceptors (Lipinski definition) is 0. The van der Waals surface area contributed by atoms with E-state index in [1.165, 1.54) is 0 Å². The van der Waals surface area contributed by atoms with Crippen molar-refractivity contribution in [2.45, 2.75) is 5.04 Å². The molecule has 1 heterocycles. The van der Waals surface area contributed by atoms with E-state index in [0.29, 0.717) is 0 Å². The van der Waals surface area contributed by atoms with Crippen LogP contribution in [0, 0.1) is 24.7 Å². The van der Waals surface area contributed by atoms with Crippen LogP contribution in [0.15, 0.2) is 12.2 Å². The van der Waals surface area contributed by atoms with Gasteiger partial charge in [-0.25, -0.2) is 0 Å². The van der Waals surface area contributed by atoms with Crippen molar-refractivity contribution in [1.29, 1.82) is 0 Å². The smallest absolute Gasteiger partial charge is 0.110 e. The van der Waals surface area contributed by atoms with Gasteiger partial charge in [0.1, 0.15) is 5.04 Å². The average Bonchev–Trinajstić information content (AvgIpc) is 2.36. The number of hydrogen-bond donors (Lipinski definition) is 0. The van der Waals surface area contributed by atoms with Crippen LogP contribution < -0.4 is 0 Å². The molecule has 0 aliphatic carbocycles. The lowest BCUT2D eigenvalue weighted by molar-refractivity contribution is 1.21. The molecule has 0 saturated carbocycles. The standard InChI is InChI=1S/C8H6Si/c1-3-8(4-2)6-5-7-9-8/h1-2,5-7,9H. The fourth-order valence-electron chi connectivity index (χ4n) is 0.704. The van der Waals surface area contributed by atoms with Crippen molar-refractivity contribution in [2.24, 2.45) is 0 Å². The topological polar surface area (TPSA) is 0 Å². The summed E-state index contributed by atoms with van der Waals surface area (Å²) in [6.45, 7) is 0. The third-order valence-electron chi connectivity index (χ3n) is 1.31. The molecule has 0 amide bonds. The molecule has 0 nitrogen and oxygen atoms in total. The Balaban J connectivity index is 3.03. The zero-order chi connectivity index (χ0) is 6.74. The Labute approximate surface area is 57.4 Å². The largest absolute Gasteiger partial charge is 0.118 e. The minimum atomic E-state index is -0.319. The second-order valence-corrected chi connectivity index (χ2v) is 3.50. The van der Waals surface area contributed by atoms with Crippen molar-refractivity contribution in [2.75, 3.05) is 0 Å². The van der Waals surface area contributed by atoms with E-state index in [9.17, 15) is 0 Å². The summed E-state index contributed by atoms with van der Waals surface area (Å²) < 4.78 is 0. The van der Waals surface area contributed by atoms with Gasteiger partial charge >= 0.3 is 0 Å². The number of rotatable bonds is 0. The highest BCUT2D eigenvalue weighted by Gasteiger charge is 2.18. The van der Waals surface area contributed by atoms with Crippen LogP contribution in [-0.4, -0.2) is 14.8 Å². The molecule has 0 spiro atoms. The molecule has 1 heteroatoms. The summed E-state index contributed by atoms with van der Waals surface area (Å²) in [5, 5.41) is -0.319. The summed E-state index contributed by atoms with van der Waals surface area (Å²) in [5.41, 5.74) is 2.07. The minimum Gasteiger partial charge on any atom is -0.118 e. The second-order valence-electron chi connectivity index (χ2n) is 1.88. The van der Waals surface area contributed by atoms with E-state index in [2.05, 4.69) is 17.5 Å². The zero-order valence-corrected chi connectivity index (χ0v) is 6.12. The fraction of sp³-hybridized carbons (Fsp3) is 0.125. The molecule has 1 aliphatic heterocycles. The first kappa shape index (κ1) is 6.07. The maximum Gasteiger partial charge on any atom is 0.110 e. The van der Waals surface area contributed by atoms with E-state index in [0.717, 1.165) is 0 Å². The highest BCUT2D eigenvalue weighted by molar-refractivity contribution is 6.57. The van der Waals surface area contributed by atoms with E-state index in [4.69, 9.17) is 12.8 Å². The molecule has 0 aromatic carbocycles. The Morgan fingerprint density at radius 3 is 2.22 bits per heavy atom. The molecule has 1 aliphatic rings. The molecular weight excluding hydrogens is 124 g/mol. The van der Waals surface area contributed by atoms with Crippen molar-refractivity contribution >= 4 is 14.8 Å². The summed E-state index contributed by atoms with van der Waals surface area (Å²) in [7, 11) is 0.102. The Bertz CT molecular complexity index is 217. The summed E-state index contributed by atoms with van der Waals surface area (Å²) in [5.74, 6) is 5.22. The quantitative estimate of drug-likeness (QED) is 0.325. The van der Waals surface area contributed by atoms with Gasteiger partial charge in [-0.3, -0.25) is 0 Å². The average molecular weight is 130 g/mol. The predicted octanol–water partition coefficient (Wildman–Crippen LogP) is 0.220. The number of allylic oxidation sites excluding steroid dienone is 2. The van der Waals surface area contributed by atoms with Gasteiger partial charge in [-0.2, -0.15) is 0 Å². The van der Waals surface area contributed by atoms with Crippen molar-refractivity contribution in [1.82, 2.24) is 0 Å². The van der Waals surface area contributed by atoms with Crippen LogP contribution in [0.2, 0.25) is 5.04 Å². The summed E-state index contributed by atoms with van der Waals surface area (Å²) in [4.78, 5) is 0. The number of terminal acetylenes is 2. The molecular formula is C8H6Si. The normalized spacial score (nSPS) is 18.9. The molecule has 0 aromatic rings. The SMILES string of the molecule is C#CC1(C#C)C=CC=[SiH]1. The summed E-state index contributed by atoms with van der Waals surface area (Å²) in [6, 6.07) is 0. The lowest BCUT2D eigenvalue weighted by Gasteiger charge is -2.06. The predicted molar refractivity (Wildman–Crippen MR) is 42.7 cm³/mol. The van der Waals surface area contributed by atoms with Crippen LogP contribution in [-0.2, 0) is 0 Å². The van der Waals surface area contributed by atoms with Gasteiger partial charge in [0.15, 0.2) is 0 Å². The maximum atomic E-state index is 5.24. The van der Waals surface area contributed by atoms with Gasteiger partial charge < -0.3 is 0 Å². The molecule has 1 rings (SSSR count). The molecule has 0 N–H and O–H groups in total. The molecule has 0 unspecified atom stereocenters. The summed E-state index contributed by atoms with van der Waals surface area (Å²) >= 11 is 0. The zero-order valence-electron chi connectivity index (χ0n) is 4.96. The van der Waals surface area contributed by atoms with Crippen molar-refractivity contribution in [3.8, 4) is 24.7 Å². The van der Waals surface area contributed by atoms with Crippen LogP contribution in [0.1, 0.15) is 0 Å². The van der Waals surface area contributed by atoms with Crippen molar-refractivity contribution in [3.05, 3.63) is 12.2 Å². The summed E-state index contributed by atoms with van der Waals surface area (Å²) in [6.07, 6.45) is 14.3. The minimum absolute atomic E-state index is 0.102. The Morgan fingerprint density at radius 2 is 2.00 bits per heavy atom. The molecule has 42 valence electrons. The molecule has 0 atom stereocenters. The fourth-order valence-corrected chi connectivity index (χ4v) is 1.64. The Kier molecular flexibility index (Phi) is 1.38. The van der Waals surface area contributed by atoms with E-state index in [-0.39, 0.29) is 14.2 Å². The first-order valence-corrected chi connectivity index (χ1v) is 3.90. The van der Waals surface area contributed by atoms with Crippen molar-refractivity contribution in [3.63, 3.8) is 0 Å². The van der Waals surface area contributed by atoms with Gasteiger partial charge in [-0.15, -0.1) is 12.8 Å². The van der Waals surface area contributed by atoms with E-state index >= 15 is 0 Å². The molecule has 0 fully saturated rings. The highest BCUT2D eigenvalue weighted by atomic mass is 28.2. The van der Waals surface area contributed by atoms with Gasteiger partial charge in [0.05, 0.1) is 0 Å². The Hall–Kier alpha value is -1.05. The third kappa shape index (κ3) is 0.874. The van der Waals surface area contributed by atoms with E-state index < -0.39 is 0 Å². The van der Waals surface area contributed by atoms with Crippen molar-refractivity contribution < 1.29 is 0 Å². The van der Waals surface area contributed by atoms with Crippen LogP contribution in [0.25, 0.3) is 0 Å². The van der Waals surface area contributed by atoms with Crippen LogP contribution in [0.3, 0.4) is 0 Å². The molecule has 0 radical (unpaired) electrons. The molecule has 0 bridgehead atoms. The lowest BCUT2D eigenvalue weighted by atomic mass is 10.1. The van der Waals surface area contributed by atoms with Gasteiger partial charge in [-0.05, 0) is 0 Å². The molecule has 9 heavy (non-hydrogen) atoms. The van der Waals surface area contributed by atoms with Gasteiger partial charge in [0.2, 0.25) is 0 Å². The maximum absolute atomic E-state index is 5.24. The molecule has 0 aromatic heterocycles. The van der Waals surface area contributed by atoms with Crippen LogP contribution in [0.4, 0.5) is 0 Å². The highest BCUT2D eigenvalue weighted by Crippen LogP contribution is 2.23. The Morgan fingerprint density at radius 1 is 1.33 bits per heavy atom. The first-order valence-electron chi connectivity index (χ1n) is 2.65. The van der Waals surface area contributed by atoms with E-state index in [1.54, 1.807) is 0 Å². The van der Waals surface area contributed by atoms with E-state index in [1.807, 2.05) is 12.2 Å². The second kappa shape index (κ2) is 2.05. The van der Waals surface area contributed by atoms with Crippen LogP contribution >= 0.6 is 0 Å². The van der Waals surface area contributed by atoms with Gasteiger partial charge in [0, 0.05) is 9.13 Å².